The summed E-state index contributed by atoms with van der Waals surface area (Å²) in [6.45, 7) is 11.2. The quantitative estimate of drug-likeness (QED) is 0.0780. The minimum absolute atomic E-state index is 0.149. The van der Waals surface area contributed by atoms with Crippen molar-refractivity contribution in [3.05, 3.63) is 360 Å². The second kappa shape index (κ2) is 32.2. The molecule has 0 aliphatic heterocycles. The molecule has 0 saturated heterocycles. The molecule has 118 heavy (non-hydrogen) atoms. The summed E-state index contributed by atoms with van der Waals surface area (Å²) in [5.41, 5.74) is 18.8. The maximum Gasteiger partial charge on any atom is 0.337 e. The molecule has 24 nitrogen and oxygen atoms in total. The van der Waals surface area contributed by atoms with Crippen LogP contribution in [0.2, 0.25) is 0 Å². The molecule has 18 rings (SSSR count). The van der Waals surface area contributed by atoms with Crippen molar-refractivity contribution in [3.8, 4) is 66.8 Å². The van der Waals surface area contributed by atoms with Gasteiger partial charge < -0.3 is 41.9 Å². The third-order valence-electron chi connectivity index (χ3n) is 20.5. The van der Waals surface area contributed by atoms with Crippen LogP contribution >= 0.6 is 0 Å². The number of hydrogen-bond donors (Lipinski definition) is 1. The largest absolute Gasteiger partial charge is 0.478 e. The molecule has 18 aromatic rings. The van der Waals surface area contributed by atoms with E-state index in [9.17, 15) is 19.5 Å². The van der Waals surface area contributed by atoms with Gasteiger partial charge in [-0.25, -0.2) is 23.2 Å². The zero-order valence-electron chi connectivity index (χ0n) is 64.7. The van der Waals surface area contributed by atoms with Gasteiger partial charge >= 0.3 is 17.9 Å². The summed E-state index contributed by atoms with van der Waals surface area (Å²) in [6, 6.07) is 58.3. The van der Waals surface area contributed by atoms with Gasteiger partial charge in [-0.15, -0.1) is 0 Å². The number of methoxy groups -OCH3 is 2. The van der Waals surface area contributed by atoms with Gasteiger partial charge in [0.05, 0.1) is 92.5 Å². The molecule has 0 saturated carbocycles. The zero-order valence-corrected chi connectivity index (χ0v) is 64.7. The Hall–Kier alpha value is -15.5. The molecule has 0 radical (unpaired) electrons. The van der Waals surface area contributed by atoms with Crippen LogP contribution in [0, 0.1) is 41.5 Å². The van der Waals surface area contributed by atoms with Crippen LogP contribution in [0.25, 0.3) is 99.9 Å². The van der Waals surface area contributed by atoms with Gasteiger partial charge in [0, 0.05) is 124 Å². The number of esters is 2. The Bertz CT molecular complexity index is 6530. The third-order valence-corrected chi connectivity index (χ3v) is 20.5. The second-order valence-corrected chi connectivity index (χ2v) is 27.7. The van der Waals surface area contributed by atoms with Gasteiger partial charge in [-0.3, -0.25) is 44.9 Å². The molecule has 0 spiro atoms. The molecule has 15 aromatic heterocycles. The minimum atomic E-state index is -2.29. The normalized spacial score (nSPS) is 11.5. The first kappa shape index (κ1) is 76.5. The van der Waals surface area contributed by atoms with E-state index < -0.39 is 23.5 Å². The number of pyridine rings is 9. The lowest BCUT2D eigenvalue weighted by molar-refractivity contribution is 0.0592. The van der Waals surface area contributed by atoms with Crippen LogP contribution in [0.15, 0.2) is 288 Å². The number of carboxylic acids is 1. The van der Waals surface area contributed by atoms with E-state index in [4.69, 9.17) is 48.0 Å². The summed E-state index contributed by atoms with van der Waals surface area (Å²) in [7, 11) is 2.71. The van der Waals surface area contributed by atoms with Gasteiger partial charge in [0.25, 0.3) is 11.6 Å². The Morgan fingerprint density at radius 2 is 0.678 bits per heavy atom. The summed E-state index contributed by atoms with van der Waals surface area (Å²) >= 11 is 0. The topological polar surface area (TPSA) is 299 Å². The maximum absolute atomic E-state index is 17.8. The molecule has 582 valence electrons. The first-order valence-corrected chi connectivity index (χ1v) is 37.2. The monoisotopic (exact) mass is 1570 g/mol. The fraction of sp³-hybridized carbons (Fsp3) is 0.120. The molecule has 0 fully saturated rings. The van der Waals surface area contributed by atoms with Crippen LogP contribution in [-0.2, 0) is 21.1 Å². The predicted molar refractivity (Wildman–Crippen MR) is 437 cm³/mol. The van der Waals surface area contributed by atoms with Crippen LogP contribution in [0.3, 0.4) is 0 Å². The SMILES string of the molecule is COC(=O)c1ccc(-c2cn(C(F)(c3ccccn3)c3ccccn3)c3cc(-c4c(C)noc4C)cnc23)cc1.COC(=O)c1ccc(-c2cn(C(c3ccccn3)c3ccccn3)c3cc(-c4c(C)noc4C)cnc23)cc1.Cc1noc(C)c1-c1cnc2c(-c3ccc(C(=O)O)cc3)cn(C(F)(c3ccccn3)c3ccccn3)c2c1. The smallest absolute Gasteiger partial charge is 0.337 e. The van der Waals surface area contributed by atoms with E-state index >= 15 is 8.78 Å². The average molecular weight is 1570 g/mol. The van der Waals surface area contributed by atoms with Crippen molar-refractivity contribution in [3.63, 3.8) is 0 Å². The molecule has 0 aliphatic carbocycles. The highest BCUT2D eigenvalue weighted by Gasteiger charge is 2.43. The van der Waals surface area contributed by atoms with E-state index in [0.717, 1.165) is 83.9 Å². The van der Waals surface area contributed by atoms with Crippen LogP contribution in [0.4, 0.5) is 8.78 Å². The summed E-state index contributed by atoms with van der Waals surface area (Å²) < 4.78 is 66.7. The van der Waals surface area contributed by atoms with Crippen LogP contribution in [0.5, 0.6) is 0 Å². The first-order valence-electron chi connectivity index (χ1n) is 37.2. The highest BCUT2D eigenvalue weighted by Crippen LogP contribution is 2.46. The predicted octanol–water partition coefficient (Wildman–Crippen LogP) is 18.6. The standard InChI is InChI=1S/C31H24FN5O3.C31H25N5O3.C30H22FN5O3/c1-19-28(20(2)40-36-19)23-16-25-29(35-17-23)24(21-10-12-22(13-11-21)30(38)39-3)18-37(25)31(32,26-8-4-6-14-33-26)27-9-5-7-15-34-27;1-19-28(20(2)39-35-19)23-16-27-29(34-17-23)24(21-10-12-22(13-11-21)31(37)38-3)18-36(27)30(25-8-4-6-14-32-25)26-9-5-7-15-33-26;1-18-27(19(2)39-35-18)22-15-24-28(34-16-22)23(20-9-11-21(12-10-20)29(37)38)17-36(24)30(31,25-7-3-5-13-32-25)26-8-4-6-14-33-26/h4-18H,1-3H3;4-18,30H,1-3H3;3-17H,1-2H3,(H,37,38). The summed E-state index contributed by atoms with van der Waals surface area (Å²) in [5, 5.41) is 21.6. The van der Waals surface area contributed by atoms with Crippen molar-refractivity contribution >= 4 is 51.0 Å². The number of fused-ring (bicyclic) bond motifs is 3. The number of benzene rings is 3. The number of hydrogen-bond acceptors (Lipinski definition) is 20. The number of nitrogens with zero attached hydrogens (tertiary/aromatic N) is 15. The lowest BCUT2D eigenvalue weighted by Gasteiger charge is -2.27. The molecular weight excluding hydrogens is 1500 g/mol. The Balaban J connectivity index is 0.000000132. The van der Waals surface area contributed by atoms with E-state index in [1.807, 2.05) is 108 Å². The van der Waals surface area contributed by atoms with E-state index in [-0.39, 0.29) is 40.4 Å². The molecule has 0 bridgehead atoms. The van der Waals surface area contributed by atoms with Crippen LogP contribution in [-0.4, -0.2) is 111 Å². The van der Waals surface area contributed by atoms with Gasteiger partial charge in [0.15, 0.2) is 0 Å². The molecule has 15 heterocycles. The molecule has 0 atom stereocenters. The lowest BCUT2D eigenvalue weighted by atomic mass is 10.0. The Morgan fingerprint density at radius 1 is 0.373 bits per heavy atom. The number of rotatable bonds is 18. The maximum atomic E-state index is 17.8. The number of alkyl halides is 2. The van der Waals surface area contributed by atoms with Crippen molar-refractivity contribution in [1.29, 1.82) is 0 Å². The highest BCUT2D eigenvalue weighted by atomic mass is 19.2. The molecule has 26 heteroatoms. The summed E-state index contributed by atoms with van der Waals surface area (Å²) in [5.74, 6) is -4.42. The number of aryl methyl sites for hydroxylation is 6. The van der Waals surface area contributed by atoms with Crippen LogP contribution < -0.4 is 0 Å². The van der Waals surface area contributed by atoms with E-state index in [0.29, 0.717) is 72.8 Å². The molecule has 0 aliphatic rings. The molecule has 0 amide bonds. The number of aromatic carboxylic acids is 1. The third kappa shape index (κ3) is 14.2. The fourth-order valence-corrected chi connectivity index (χ4v) is 14.9. The van der Waals surface area contributed by atoms with Crippen molar-refractivity contribution in [2.45, 2.75) is 59.2 Å². The number of halogens is 2. The van der Waals surface area contributed by atoms with Gasteiger partial charge in [0.1, 0.15) is 46.1 Å². The fourth-order valence-electron chi connectivity index (χ4n) is 14.9. The summed E-state index contributed by atoms with van der Waals surface area (Å²) in [6.07, 6.45) is 20.5. The van der Waals surface area contributed by atoms with Gasteiger partial charge in [-0.2, -0.15) is 0 Å². The number of carboxylic acid groups (broad SMARTS) is 1. The average Bonchev–Trinajstić information content (AvgIpc) is 1.56. The summed E-state index contributed by atoms with van der Waals surface area (Å²) in [4.78, 5) is 76.9. The van der Waals surface area contributed by atoms with Gasteiger partial charge in [-0.05, 0) is 186 Å². The molecule has 0 unspecified atom stereocenters. The Kier molecular flexibility index (Phi) is 20.9. The minimum Gasteiger partial charge on any atom is -0.478 e. The van der Waals surface area contributed by atoms with Crippen LogP contribution in [0.1, 0.15) is 106 Å². The van der Waals surface area contributed by atoms with E-state index in [1.165, 1.54) is 47.9 Å². The second-order valence-electron chi connectivity index (χ2n) is 27.7. The van der Waals surface area contributed by atoms with Crippen molar-refractivity contribution < 1.29 is 51.3 Å². The molecule has 3 aromatic carbocycles. The van der Waals surface area contributed by atoms with Gasteiger partial charge in [-0.1, -0.05) is 88.3 Å². The van der Waals surface area contributed by atoms with E-state index in [1.54, 1.807) is 171 Å². The molecular formula is C92H71F2N15O9. The van der Waals surface area contributed by atoms with Crippen molar-refractivity contribution in [1.82, 2.24) is 74.0 Å². The lowest BCUT2D eigenvalue weighted by Crippen LogP contribution is -2.32. The van der Waals surface area contributed by atoms with E-state index in [2.05, 4.69) is 52.2 Å². The highest BCUT2D eigenvalue weighted by molar-refractivity contribution is 6.00. The number of aromatic nitrogens is 15. The van der Waals surface area contributed by atoms with Crippen molar-refractivity contribution in [2.24, 2.45) is 0 Å². The Labute approximate surface area is 672 Å². The zero-order chi connectivity index (χ0) is 81.9. The Morgan fingerprint density at radius 3 is 0.966 bits per heavy atom. The first-order chi connectivity index (χ1) is 57.3. The van der Waals surface area contributed by atoms with Gasteiger partial charge in [0.2, 0.25) is 0 Å². The number of ether oxygens (including phenoxy) is 2. The van der Waals surface area contributed by atoms with Crippen molar-refractivity contribution in [2.75, 3.05) is 14.2 Å². The number of carbonyl (C=O) groups excluding carboxylic acids is 2. The molecule has 1 N–H and O–H groups in total. The number of carbonyl (C=O) groups is 3.